The molecule has 1 fully saturated rings. The highest BCUT2D eigenvalue weighted by molar-refractivity contribution is 5.78. The number of nitrogens with one attached hydrogen (secondary N) is 1. The first-order valence-corrected chi connectivity index (χ1v) is 8.89. The van der Waals surface area contributed by atoms with E-state index in [0.717, 1.165) is 36.2 Å². The summed E-state index contributed by atoms with van der Waals surface area (Å²) in [6.07, 6.45) is 2.81. The quantitative estimate of drug-likeness (QED) is 0.761. The number of carbonyl (C=O) groups is 1. The van der Waals surface area contributed by atoms with Crippen LogP contribution in [0.4, 0.5) is 0 Å². The van der Waals surface area contributed by atoms with E-state index in [2.05, 4.69) is 29.2 Å². The minimum Gasteiger partial charge on any atom is -0.479 e. The molecular formula is C19H22N4O3. The van der Waals surface area contributed by atoms with Gasteiger partial charge in [-0.05, 0) is 42.6 Å². The second-order valence-corrected chi connectivity index (χ2v) is 6.72. The predicted molar refractivity (Wildman–Crippen MR) is 95.9 cm³/mol. The summed E-state index contributed by atoms with van der Waals surface area (Å²) in [5, 5.41) is 3.77. The van der Waals surface area contributed by atoms with Crippen molar-refractivity contribution in [2.24, 2.45) is 0 Å². The third kappa shape index (κ3) is 3.16. The maximum Gasteiger partial charge on any atom is 0.254 e. The number of nitrogens with zero attached hydrogens (tertiary/aromatic N) is 3. The van der Waals surface area contributed by atoms with Crippen molar-refractivity contribution in [3.63, 3.8) is 0 Å². The third-order valence-electron chi connectivity index (χ3n) is 4.88. The van der Waals surface area contributed by atoms with Gasteiger partial charge in [0.05, 0.1) is 24.2 Å². The van der Waals surface area contributed by atoms with E-state index in [-0.39, 0.29) is 11.9 Å². The van der Waals surface area contributed by atoms with Crippen molar-refractivity contribution in [3.05, 3.63) is 41.4 Å². The summed E-state index contributed by atoms with van der Waals surface area (Å²) < 4.78 is 10.2. The van der Waals surface area contributed by atoms with Crippen LogP contribution in [0, 0.1) is 6.92 Å². The number of ether oxygens (including phenoxy) is 1. The highest BCUT2D eigenvalue weighted by atomic mass is 16.5. The molecule has 1 N–H and O–H groups in total. The van der Waals surface area contributed by atoms with Gasteiger partial charge in [-0.1, -0.05) is 6.07 Å². The van der Waals surface area contributed by atoms with Crippen molar-refractivity contribution in [2.45, 2.75) is 38.6 Å². The van der Waals surface area contributed by atoms with E-state index >= 15 is 0 Å². The number of amides is 1. The number of likely N-dealkylation sites (tertiary alicyclic amines) is 1. The number of methoxy groups -OCH3 is 1. The summed E-state index contributed by atoms with van der Waals surface area (Å²) in [7, 11) is 1.54. The summed E-state index contributed by atoms with van der Waals surface area (Å²) in [5.41, 5.74) is 3.15. The van der Waals surface area contributed by atoms with E-state index in [4.69, 9.17) is 14.2 Å². The van der Waals surface area contributed by atoms with Gasteiger partial charge in [-0.25, -0.2) is 4.98 Å². The molecular weight excluding hydrogens is 332 g/mol. The van der Waals surface area contributed by atoms with Crippen LogP contribution >= 0.6 is 0 Å². The molecule has 0 saturated carbocycles. The molecule has 3 heterocycles. The van der Waals surface area contributed by atoms with E-state index < -0.39 is 0 Å². The Morgan fingerprint density at radius 3 is 3.12 bits per heavy atom. The lowest BCUT2D eigenvalue weighted by molar-refractivity contribution is -0.132. The van der Waals surface area contributed by atoms with E-state index in [1.54, 1.807) is 6.07 Å². The van der Waals surface area contributed by atoms with Gasteiger partial charge >= 0.3 is 0 Å². The van der Waals surface area contributed by atoms with Crippen LogP contribution in [-0.4, -0.2) is 39.6 Å². The van der Waals surface area contributed by atoms with Gasteiger partial charge in [-0.3, -0.25) is 4.79 Å². The number of carbonyl (C=O) groups excluding carboxylic acids is 1. The molecule has 1 aromatic carbocycles. The molecule has 136 valence electrons. The number of aromatic nitrogens is 3. The van der Waals surface area contributed by atoms with Gasteiger partial charge in [0.15, 0.2) is 0 Å². The van der Waals surface area contributed by atoms with Gasteiger partial charge < -0.3 is 19.1 Å². The topological polar surface area (TPSA) is 84.2 Å². The van der Waals surface area contributed by atoms with Gasteiger partial charge in [0.25, 0.3) is 5.88 Å². The Balaban J connectivity index is 1.47. The lowest BCUT2D eigenvalue weighted by Gasteiger charge is -2.23. The maximum atomic E-state index is 12.7. The molecule has 0 aliphatic carbocycles. The monoisotopic (exact) mass is 354 g/mol. The Kier molecular flexibility index (Phi) is 4.36. The van der Waals surface area contributed by atoms with Crippen molar-refractivity contribution >= 4 is 16.9 Å². The largest absolute Gasteiger partial charge is 0.479 e. The fraction of sp³-hybridized carbons (Fsp3) is 0.421. The van der Waals surface area contributed by atoms with E-state index in [0.29, 0.717) is 24.5 Å². The summed E-state index contributed by atoms with van der Waals surface area (Å²) in [6.45, 7) is 2.82. The molecule has 7 heteroatoms. The van der Waals surface area contributed by atoms with Crippen molar-refractivity contribution < 1.29 is 14.1 Å². The van der Waals surface area contributed by atoms with Gasteiger partial charge in [0, 0.05) is 25.5 Å². The van der Waals surface area contributed by atoms with Crippen molar-refractivity contribution in [1.82, 2.24) is 20.0 Å². The summed E-state index contributed by atoms with van der Waals surface area (Å²) >= 11 is 0. The number of aromatic amines is 1. The molecule has 0 radical (unpaired) electrons. The maximum absolute atomic E-state index is 12.7. The molecule has 4 rings (SSSR count). The summed E-state index contributed by atoms with van der Waals surface area (Å²) in [6, 6.07) is 7.89. The molecule has 1 atom stereocenters. The molecule has 1 saturated heterocycles. The molecule has 1 unspecified atom stereocenters. The number of rotatable bonds is 5. The fourth-order valence-electron chi connectivity index (χ4n) is 3.53. The minimum atomic E-state index is 0.0134. The number of H-pyrrole nitrogens is 1. The molecule has 0 spiro atoms. The summed E-state index contributed by atoms with van der Waals surface area (Å²) in [5.74, 6) is 2.08. The molecule has 0 bridgehead atoms. The van der Waals surface area contributed by atoms with Crippen molar-refractivity contribution in [3.8, 4) is 5.88 Å². The first-order chi connectivity index (χ1) is 12.6. The van der Waals surface area contributed by atoms with Crippen molar-refractivity contribution in [1.29, 1.82) is 0 Å². The Bertz CT molecular complexity index is 930. The molecule has 1 amide bonds. The Labute approximate surface area is 151 Å². The molecule has 1 aliphatic heterocycles. The Hall–Kier alpha value is -2.83. The van der Waals surface area contributed by atoms with Crippen LogP contribution in [0.1, 0.15) is 42.5 Å². The normalized spacial score (nSPS) is 17.2. The average Bonchev–Trinajstić information content (AvgIpc) is 3.36. The zero-order valence-electron chi connectivity index (χ0n) is 15.0. The number of aryl methyl sites for hydroxylation is 2. The van der Waals surface area contributed by atoms with Crippen LogP contribution in [0.15, 0.2) is 28.8 Å². The van der Waals surface area contributed by atoms with E-state index in [9.17, 15) is 4.79 Å². The molecule has 7 nitrogen and oxygen atoms in total. The Morgan fingerprint density at radius 2 is 2.31 bits per heavy atom. The second-order valence-electron chi connectivity index (χ2n) is 6.72. The van der Waals surface area contributed by atoms with Gasteiger partial charge in [-0.15, -0.1) is 0 Å². The second kappa shape index (κ2) is 6.82. The lowest BCUT2D eigenvalue weighted by atomic mass is 10.2. The predicted octanol–water partition coefficient (Wildman–Crippen LogP) is 3.16. The highest BCUT2D eigenvalue weighted by Gasteiger charge is 2.32. The lowest BCUT2D eigenvalue weighted by Crippen LogP contribution is -2.31. The van der Waals surface area contributed by atoms with Crippen molar-refractivity contribution in [2.75, 3.05) is 13.7 Å². The fourth-order valence-corrected chi connectivity index (χ4v) is 3.53. The van der Waals surface area contributed by atoms with Crippen LogP contribution in [0.3, 0.4) is 0 Å². The molecule has 26 heavy (non-hydrogen) atoms. The standard InChI is InChI=1S/C19H22N4O3/c1-12-5-7-14-15(10-12)21-19(20-14)16-4-3-9-23(16)18(24)8-6-13-11-17(25-2)22-26-13/h5,7,10-11,16H,3-4,6,8-9H2,1-2H3,(H,20,21). The first-order valence-electron chi connectivity index (χ1n) is 8.89. The SMILES string of the molecule is COc1cc(CCC(=O)N2CCCC2c2nc3ccc(C)cc3[nH]2)on1. The zero-order valence-corrected chi connectivity index (χ0v) is 15.0. The van der Waals surface area contributed by atoms with Crippen LogP contribution in [0.25, 0.3) is 11.0 Å². The number of hydrogen-bond acceptors (Lipinski definition) is 5. The number of fused-ring (bicyclic) bond motifs is 1. The third-order valence-corrected chi connectivity index (χ3v) is 4.88. The molecule has 1 aliphatic rings. The van der Waals surface area contributed by atoms with Crippen LogP contribution in [-0.2, 0) is 11.2 Å². The van der Waals surface area contributed by atoms with Crippen LogP contribution in [0.5, 0.6) is 5.88 Å². The smallest absolute Gasteiger partial charge is 0.254 e. The average molecular weight is 354 g/mol. The highest BCUT2D eigenvalue weighted by Crippen LogP contribution is 2.32. The number of hydrogen-bond donors (Lipinski definition) is 1. The minimum absolute atomic E-state index is 0.0134. The van der Waals surface area contributed by atoms with Crippen LogP contribution in [0.2, 0.25) is 0 Å². The van der Waals surface area contributed by atoms with Crippen LogP contribution < -0.4 is 4.74 Å². The van der Waals surface area contributed by atoms with Gasteiger partial charge in [-0.2, -0.15) is 0 Å². The summed E-state index contributed by atoms with van der Waals surface area (Å²) in [4.78, 5) is 22.8. The number of benzene rings is 1. The Morgan fingerprint density at radius 1 is 1.42 bits per heavy atom. The van der Waals surface area contributed by atoms with Gasteiger partial charge in [0.1, 0.15) is 11.6 Å². The van der Waals surface area contributed by atoms with E-state index in [1.165, 1.54) is 12.7 Å². The number of imidazole rings is 1. The first kappa shape index (κ1) is 16.6. The molecule has 2 aromatic heterocycles. The van der Waals surface area contributed by atoms with Gasteiger partial charge in [0.2, 0.25) is 5.91 Å². The zero-order chi connectivity index (χ0) is 18.1. The molecule has 3 aromatic rings. The van der Waals surface area contributed by atoms with E-state index in [1.807, 2.05) is 11.0 Å².